The Kier molecular flexibility index (Phi) is 8.37. The number of β-amino-alcohol motifs (C(OH)–C–C–N with tert-alkyl or cyclic N) is 2. The summed E-state index contributed by atoms with van der Waals surface area (Å²) in [4.78, 5) is 2.26. The van der Waals surface area contributed by atoms with E-state index in [9.17, 15) is 10.2 Å². The van der Waals surface area contributed by atoms with E-state index in [-0.39, 0.29) is 17.6 Å². The molecule has 0 aromatic rings. The molecule has 4 N–H and O–H groups in total. The summed E-state index contributed by atoms with van der Waals surface area (Å²) in [5.74, 6) is 0.396. The van der Waals surface area contributed by atoms with Crippen LogP contribution < -0.4 is 10.6 Å². The molecule has 3 aliphatic rings. The lowest BCUT2D eigenvalue weighted by Gasteiger charge is -2.44. The van der Waals surface area contributed by atoms with Gasteiger partial charge in [-0.25, -0.2) is 0 Å². The van der Waals surface area contributed by atoms with Crippen LogP contribution in [0.5, 0.6) is 0 Å². The fourth-order valence-electron chi connectivity index (χ4n) is 4.90. The van der Waals surface area contributed by atoms with Gasteiger partial charge in [0, 0.05) is 30.7 Å². The van der Waals surface area contributed by atoms with Crippen molar-refractivity contribution in [3.05, 3.63) is 23.4 Å². The molecule has 3 saturated heterocycles. The lowest BCUT2D eigenvalue weighted by atomic mass is 9.71. The van der Waals surface area contributed by atoms with Crippen molar-refractivity contribution in [1.29, 1.82) is 0 Å². The SMILES string of the molecule is C#C.C/C=C1\C(=C/CC)NCC12CCN(CC(O)C1CCNCC1)CC2O. The van der Waals surface area contributed by atoms with Gasteiger partial charge in [-0.15, -0.1) is 12.8 Å². The molecule has 3 fully saturated rings. The quantitative estimate of drug-likeness (QED) is 0.561. The van der Waals surface area contributed by atoms with Crippen LogP contribution in [0.1, 0.15) is 39.5 Å². The van der Waals surface area contributed by atoms with Crippen molar-refractivity contribution in [2.75, 3.05) is 39.3 Å². The summed E-state index contributed by atoms with van der Waals surface area (Å²) in [7, 11) is 0. The van der Waals surface area contributed by atoms with Crippen LogP contribution >= 0.6 is 0 Å². The van der Waals surface area contributed by atoms with Crippen LogP contribution in [0.15, 0.2) is 23.4 Å². The minimum absolute atomic E-state index is 0.161. The van der Waals surface area contributed by atoms with Crippen LogP contribution in [0.25, 0.3) is 0 Å². The molecule has 152 valence electrons. The van der Waals surface area contributed by atoms with Gasteiger partial charge in [0.05, 0.1) is 12.2 Å². The number of hydrogen-bond acceptors (Lipinski definition) is 5. The highest BCUT2D eigenvalue weighted by Gasteiger charge is 2.49. The van der Waals surface area contributed by atoms with E-state index in [0.717, 1.165) is 51.9 Å². The molecule has 0 radical (unpaired) electrons. The molecule has 3 atom stereocenters. The molecule has 0 aromatic heterocycles. The highest BCUT2D eigenvalue weighted by Crippen LogP contribution is 2.45. The van der Waals surface area contributed by atoms with Gasteiger partial charge >= 0.3 is 0 Å². The molecule has 3 heterocycles. The second kappa shape index (κ2) is 10.3. The number of aliphatic hydroxyl groups is 2. The zero-order chi connectivity index (χ0) is 19.9. The summed E-state index contributed by atoms with van der Waals surface area (Å²) in [5, 5.41) is 28.5. The van der Waals surface area contributed by atoms with Gasteiger partial charge in [0.1, 0.15) is 0 Å². The highest BCUT2D eigenvalue weighted by molar-refractivity contribution is 5.42. The minimum atomic E-state index is -0.386. The molecule has 0 amide bonds. The van der Waals surface area contributed by atoms with Gasteiger partial charge in [-0.05, 0) is 63.7 Å². The fraction of sp³-hybridized carbons (Fsp3) is 0.727. The number of likely N-dealkylation sites (tertiary alicyclic amines) is 1. The van der Waals surface area contributed by atoms with Crippen LogP contribution in [-0.4, -0.2) is 66.6 Å². The minimum Gasteiger partial charge on any atom is -0.392 e. The Morgan fingerprint density at radius 3 is 2.63 bits per heavy atom. The Hall–Kier alpha value is -1.32. The molecule has 0 aromatic carbocycles. The Morgan fingerprint density at radius 1 is 1.33 bits per heavy atom. The third kappa shape index (κ3) is 4.75. The van der Waals surface area contributed by atoms with Crippen molar-refractivity contribution in [3.8, 4) is 12.8 Å². The maximum Gasteiger partial charge on any atom is 0.0781 e. The first-order chi connectivity index (χ1) is 13.1. The topological polar surface area (TPSA) is 67.8 Å². The Labute approximate surface area is 164 Å². The Morgan fingerprint density at radius 2 is 2.04 bits per heavy atom. The second-order valence-corrected chi connectivity index (χ2v) is 7.92. The molecular weight excluding hydrogens is 338 g/mol. The molecule has 3 unspecified atom stereocenters. The van der Waals surface area contributed by atoms with E-state index in [0.29, 0.717) is 19.0 Å². The number of allylic oxidation sites excluding steroid dienone is 3. The number of piperidine rings is 2. The molecule has 5 nitrogen and oxygen atoms in total. The zero-order valence-corrected chi connectivity index (χ0v) is 17.0. The van der Waals surface area contributed by atoms with Crippen molar-refractivity contribution < 1.29 is 10.2 Å². The summed E-state index contributed by atoms with van der Waals surface area (Å²) < 4.78 is 0. The molecule has 0 saturated carbocycles. The third-order valence-corrected chi connectivity index (χ3v) is 6.43. The highest BCUT2D eigenvalue weighted by atomic mass is 16.3. The van der Waals surface area contributed by atoms with E-state index < -0.39 is 0 Å². The smallest absolute Gasteiger partial charge is 0.0781 e. The van der Waals surface area contributed by atoms with Crippen molar-refractivity contribution in [1.82, 2.24) is 15.5 Å². The monoisotopic (exact) mass is 375 g/mol. The van der Waals surface area contributed by atoms with Gasteiger partial charge in [-0.2, -0.15) is 0 Å². The molecule has 5 heteroatoms. The maximum atomic E-state index is 11.0. The van der Waals surface area contributed by atoms with Crippen molar-refractivity contribution in [2.45, 2.75) is 51.7 Å². The summed E-state index contributed by atoms with van der Waals surface area (Å²) >= 11 is 0. The standard InChI is InChI=1S/C20H35N3O2.C2H2/c1-3-5-17-16(4-2)20(14-22-17)8-11-23(13-19(20)25)12-18(24)15-6-9-21-10-7-15;1-2/h4-5,15,18-19,21-22,24-25H,3,6-14H2,1-2H3;1-2H/b16-4+,17-5+;. The summed E-state index contributed by atoms with van der Waals surface area (Å²) in [6.45, 7) is 9.35. The van der Waals surface area contributed by atoms with Gasteiger partial charge < -0.3 is 20.8 Å². The van der Waals surface area contributed by atoms with E-state index in [1.54, 1.807) is 0 Å². The summed E-state index contributed by atoms with van der Waals surface area (Å²) in [6.07, 6.45) is 15.8. The average Bonchev–Trinajstić information content (AvgIpc) is 3.05. The van der Waals surface area contributed by atoms with E-state index in [1.165, 1.54) is 11.3 Å². The van der Waals surface area contributed by atoms with Gasteiger partial charge in [-0.1, -0.05) is 19.1 Å². The zero-order valence-electron chi connectivity index (χ0n) is 17.0. The average molecular weight is 376 g/mol. The summed E-state index contributed by atoms with van der Waals surface area (Å²) in [6, 6.07) is 0. The normalized spacial score (nSPS) is 33.6. The second-order valence-electron chi connectivity index (χ2n) is 7.92. The largest absolute Gasteiger partial charge is 0.392 e. The van der Waals surface area contributed by atoms with Gasteiger partial charge in [0.2, 0.25) is 0 Å². The predicted molar refractivity (Wildman–Crippen MR) is 111 cm³/mol. The Balaban J connectivity index is 0.00000126. The van der Waals surface area contributed by atoms with E-state index >= 15 is 0 Å². The molecular formula is C22H37N3O2. The van der Waals surface area contributed by atoms with Crippen molar-refractivity contribution >= 4 is 0 Å². The first-order valence-corrected chi connectivity index (χ1v) is 10.3. The van der Waals surface area contributed by atoms with Crippen molar-refractivity contribution in [2.24, 2.45) is 11.3 Å². The van der Waals surface area contributed by atoms with Gasteiger partial charge in [0.25, 0.3) is 0 Å². The van der Waals surface area contributed by atoms with E-state index in [2.05, 4.69) is 54.4 Å². The maximum absolute atomic E-state index is 11.0. The number of rotatable bonds is 4. The van der Waals surface area contributed by atoms with Crippen LogP contribution in [0.2, 0.25) is 0 Å². The fourth-order valence-corrected chi connectivity index (χ4v) is 4.90. The molecule has 27 heavy (non-hydrogen) atoms. The van der Waals surface area contributed by atoms with Crippen molar-refractivity contribution in [3.63, 3.8) is 0 Å². The molecule has 0 aliphatic carbocycles. The van der Waals surface area contributed by atoms with Crippen LogP contribution in [0, 0.1) is 24.2 Å². The van der Waals surface area contributed by atoms with Crippen LogP contribution in [-0.2, 0) is 0 Å². The molecule has 3 aliphatic heterocycles. The van der Waals surface area contributed by atoms with Crippen LogP contribution in [0.4, 0.5) is 0 Å². The van der Waals surface area contributed by atoms with Gasteiger partial charge in [-0.3, -0.25) is 4.90 Å². The molecule has 3 rings (SSSR count). The predicted octanol–water partition coefficient (Wildman–Crippen LogP) is 1.49. The lowest BCUT2D eigenvalue weighted by molar-refractivity contribution is -0.0368. The number of nitrogens with one attached hydrogen (secondary N) is 2. The van der Waals surface area contributed by atoms with E-state index in [1.807, 2.05) is 0 Å². The van der Waals surface area contributed by atoms with Gasteiger partial charge in [0.15, 0.2) is 0 Å². The Bertz CT molecular complexity index is 551. The third-order valence-electron chi connectivity index (χ3n) is 6.43. The number of terminal acetylenes is 1. The number of nitrogens with zero attached hydrogens (tertiary/aromatic N) is 1. The molecule has 1 spiro atoms. The molecule has 0 bridgehead atoms. The first kappa shape index (κ1) is 22.0. The van der Waals surface area contributed by atoms with E-state index in [4.69, 9.17) is 0 Å². The van der Waals surface area contributed by atoms with Crippen LogP contribution in [0.3, 0.4) is 0 Å². The number of aliphatic hydroxyl groups excluding tert-OH is 2. The lowest BCUT2D eigenvalue weighted by Crippen LogP contribution is -2.54. The first-order valence-electron chi connectivity index (χ1n) is 10.3. The summed E-state index contributed by atoms with van der Waals surface area (Å²) in [5.41, 5.74) is 2.32. The number of hydrogen-bond donors (Lipinski definition) is 4.